The summed E-state index contributed by atoms with van der Waals surface area (Å²) in [7, 11) is -2.34. The summed E-state index contributed by atoms with van der Waals surface area (Å²) < 4.78 is 37.2. The minimum Gasteiger partial charge on any atom is -0.497 e. The van der Waals surface area contributed by atoms with Gasteiger partial charge in [0.05, 0.1) is 23.1 Å². The fourth-order valence-electron chi connectivity index (χ4n) is 4.08. The van der Waals surface area contributed by atoms with Crippen LogP contribution in [0.4, 0.5) is 0 Å². The molecule has 0 bridgehead atoms. The van der Waals surface area contributed by atoms with Crippen molar-refractivity contribution >= 4 is 47.9 Å². The van der Waals surface area contributed by atoms with Gasteiger partial charge in [-0.15, -0.1) is 0 Å². The zero-order valence-corrected chi connectivity index (χ0v) is 20.7. The molecule has 33 heavy (non-hydrogen) atoms. The van der Waals surface area contributed by atoms with Crippen LogP contribution >= 0.6 is 15.9 Å². The molecule has 168 valence electrons. The van der Waals surface area contributed by atoms with E-state index < -0.39 is 10.0 Å². The van der Waals surface area contributed by atoms with E-state index in [4.69, 9.17) is 4.74 Å². The minimum absolute atomic E-state index is 0.193. The lowest BCUT2D eigenvalue weighted by atomic mass is 10.1. The number of hydrogen-bond acceptors (Lipinski definition) is 5. The third-order valence-corrected chi connectivity index (χ3v) is 8.12. The number of methoxy groups -OCH3 is 1. The van der Waals surface area contributed by atoms with Gasteiger partial charge in [-0.25, -0.2) is 22.4 Å². The van der Waals surface area contributed by atoms with Crippen LogP contribution in [0.15, 0.2) is 70.6 Å². The molecule has 0 aliphatic carbocycles. The Morgan fingerprint density at radius 1 is 1.03 bits per heavy atom. The molecule has 0 saturated heterocycles. The van der Waals surface area contributed by atoms with Gasteiger partial charge in [0, 0.05) is 29.2 Å². The number of benzene rings is 2. The molecule has 0 atom stereocenters. The molecule has 0 aliphatic rings. The first-order valence-corrected chi connectivity index (χ1v) is 12.6. The first-order chi connectivity index (χ1) is 15.8. The molecule has 9 heteroatoms. The van der Waals surface area contributed by atoms with Crippen molar-refractivity contribution in [2.24, 2.45) is 0 Å². The van der Waals surface area contributed by atoms with Gasteiger partial charge in [-0.05, 0) is 66.2 Å². The Kier molecular flexibility index (Phi) is 5.25. The van der Waals surface area contributed by atoms with Crippen LogP contribution in [0, 0.1) is 6.92 Å². The molecule has 2 aromatic carbocycles. The van der Waals surface area contributed by atoms with E-state index in [0.29, 0.717) is 27.1 Å². The molecule has 3 aromatic heterocycles. The first kappa shape index (κ1) is 21.7. The maximum atomic E-state index is 13.9. The number of fused-ring (bicyclic) bond motifs is 2. The van der Waals surface area contributed by atoms with Crippen LogP contribution < -0.4 is 4.74 Å². The summed E-state index contributed by atoms with van der Waals surface area (Å²) in [4.78, 5) is 8.75. The van der Waals surface area contributed by atoms with Crippen molar-refractivity contribution in [1.29, 1.82) is 0 Å². The highest BCUT2D eigenvalue weighted by atomic mass is 79.9. The van der Waals surface area contributed by atoms with Crippen LogP contribution in [0.1, 0.15) is 12.5 Å². The zero-order valence-electron chi connectivity index (χ0n) is 18.3. The average molecular weight is 525 g/mol. The van der Waals surface area contributed by atoms with Crippen LogP contribution in [-0.2, 0) is 16.6 Å². The molecule has 0 aliphatic heterocycles. The smallest absolute Gasteiger partial charge is 0.269 e. The molecule has 0 unspecified atom stereocenters. The molecule has 5 rings (SSSR count). The van der Waals surface area contributed by atoms with Gasteiger partial charge >= 0.3 is 0 Å². The fourth-order valence-corrected chi connectivity index (χ4v) is 5.93. The third kappa shape index (κ3) is 3.43. The van der Waals surface area contributed by atoms with E-state index in [1.54, 1.807) is 31.4 Å². The van der Waals surface area contributed by atoms with E-state index in [0.717, 1.165) is 28.6 Å². The molecule has 3 heterocycles. The minimum atomic E-state index is -3.95. The summed E-state index contributed by atoms with van der Waals surface area (Å²) in [5, 5.41) is 1.51. The molecule has 0 radical (unpaired) electrons. The lowest BCUT2D eigenvalue weighted by Crippen LogP contribution is -2.14. The number of aryl methyl sites for hydroxylation is 2. The Labute approximate surface area is 199 Å². The lowest BCUT2D eigenvalue weighted by Gasteiger charge is -2.11. The maximum absolute atomic E-state index is 13.9. The van der Waals surface area contributed by atoms with E-state index in [2.05, 4.69) is 30.5 Å². The van der Waals surface area contributed by atoms with Gasteiger partial charge < -0.3 is 9.30 Å². The van der Waals surface area contributed by atoms with Crippen molar-refractivity contribution in [3.05, 3.63) is 71.2 Å². The Bertz CT molecular complexity index is 1620. The van der Waals surface area contributed by atoms with Gasteiger partial charge in [0.15, 0.2) is 5.65 Å². The number of nitrogens with zero attached hydrogens (tertiary/aromatic N) is 4. The number of halogens is 1. The number of rotatable bonds is 5. The number of aromatic nitrogens is 4. The van der Waals surface area contributed by atoms with Crippen molar-refractivity contribution in [3.8, 4) is 17.0 Å². The van der Waals surface area contributed by atoms with E-state index in [1.807, 2.05) is 44.3 Å². The number of ether oxygens (including phenoxy) is 1. The largest absolute Gasteiger partial charge is 0.497 e. The maximum Gasteiger partial charge on any atom is 0.269 e. The monoisotopic (exact) mass is 524 g/mol. The van der Waals surface area contributed by atoms with Gasteiger partial charge in [0.2, 0.25) is 0 Å². The molecule has 7 nitrogen and oxygen atoms in total. The van der Waals surface area contributed by atoms with Crippen LogP contribution in [-0.4, -0.2) is 34.0 Å². The quantitative estimate of drug-likeness (QED) is 0.288. The molecule has 0 N–H and O–H groups in total. The second-order valence-corrected chi connectivity index (χ2v) is 10.3. The van der Waals surface area contributed by atoms with Crippen molar-refractivity contribution in [2.75, 3.05) is 7.11 Å². The topological polar surface area (TPSA) is 79.0 Å². The second-order valence-electron chi connectivity index (χ2n) is 7.73. The summed E-state index contributed by atoms with van der Waals surface area (Å²) in [6.07, 6.45) is 3.33. The van der Waals surface area contributed by atoms with Crippen LogP contribution in [0.25, 0.3) is 33.2 Å². The van der Waals surface area contributed by atoms with Crippen molar-refractivity contribution in [1.82, 2.24) is 18.5 Å². The molecule has 0 fully saturated rings. The van der Waals surface area contributed by atoms with Crippen molar-refractivity contribution in [2.45, 2.75) is 25.3 Å². The van der Waals surface area contributed by atoms with Crippen LogP contribution in [0.5, 0.6) is 5.75 Å². The molecule has 0 amide bonds. The predicted molar refractivity (Wildman–Crippen MR) is 132 cm³/mol. The molecule has 0 saturated carbocycles. The van der Waals surface area contributed by atoms with Crippen molar-refractivity contribution < 1.29 is 13.2 Å². The summed E-state index contributed by atoms with van der Waals surface area (Å²) in [6, 6.07) is 14.5. The van der Waals surface area contributed by atoms with Gasteiger partial charge in [0.1, 0.15) is 16.7 Å². The fraction of sp³-hybridized carbons (Fsp3) is 0.167. The van der Waals surface area contributed by atoms with E-state index in [1.165, 1.54) is 10.3 Å². The Hall–Kier alpha value is -3.17. The molecule has 5 aromatic rings. The second kappa shape index (κ2) is 8.00. The lowest BCUT2D eigenvalue weighted by molar-refractivity contribution is 0.415. The SMILES string of the molecule is CCn1cc(-c2cc3c(Br)ncnc3n2S(=O)(=O)c2ccc(C)cc2)c2cc(OC)ccc21. The summed E-state index contributed by atoms with van der Waals surface area (Å²) >= 11 is 3.46. The first-order valence-electron chi connectivity index (χ1n) is 10.4. The van der Waals surface area contributed by atoms with E-state index >= 15 is 0 Å². The van der Waals surface area contributed by atoms with Crippen LogP contribution in [0.2, 0.25) is 0 Å². The third-order valence-electron chi connectivity index (χ3n) is 5.77. The summed E-state index contributed by atoms with van der Waals surface area (Å²) in [5.41, 5.74) is 3.56. The standard InChI is InChI=1S/C24H21BrN4O3S/c1-4-28-13-20(18-11-16(32-3)7-10-21(18)28)22-12-19-23(25)26-14-27-24(19)29(22)33(30,31)17-8-5-15(2)6-9-17/h5-14H,4H2,1-3H3. The highest BCUT2D eigenvalue weighted by Crippen LogP contribution is 2.39. The van der Waals surface area contributed by atoms with E-state index in [9.17, 15) is 8.42 Å². The highest BCUT2D eigenvalue weighted by molar-refractivity contribution is 9.10. The normalized spacial score (nSPS) is 12.0. The summed E-state index contributed by atoms with van der Waals surface area (Å²) in [6.45, 7) is 4.70. The Morgan fingerprint density at radius 3 is 2.48 bits per heavy atom. The molecular formula is C24H21BrN4O3S. The van der Waals surface area contributed by atoms with Gasteiger partial charge in [-0.1, -0.05) is 17.7 Å². The van der Waals surface area contributed by atoms with E-state index in [-0.39, 0.29) is 4.90 Å². The Balaban J connectivity index is 1.89. The number of hydrogen-bond donors (Lipinski definition) is 0. The Morgan fingerprint density at radius 2 is 1.79 bits per heavy atom. The average Bonchev–Trinajstić information content (AvgIpc) is 3.38. The zero-order chi connectivity index (χ0) is 23.3. The predicted octanol–water partition coefficient (Wildman–Crippen LogP) is 5.39. The van der Waals surface area contributed by atoms with Gasteiger partial charge in [-0.2, -0.15) is 0 Å². The molecule has 0 spiro atoms. The molecular weight excluding hydrogens is 504 g/mol. The van der Waals surface area contributed by atoms with Gasteiger partial charge in [0.25, 0.3) is 10.0 Å². The highest BCUT2D eigenvalue weighted by Gasteiger charge is 2.27. The summed E-state index contributed by atoms with van der Waals surface area (Å²) in [5.74, 6) is 0.697. The van der Waals surface area contributed by atoms with Crippen LogP contribution in [0.3, 0.4) is 0 Å². The van der Waals surface area contributed by atoms with Crippen molar-refractivity contribution in [3.63, 3.8) is 0 Å². The van der Waals surface area contributed by atoms with Gasteiger partial charge in [-0.3, -0.25) is 0 Å².